The number of amides is 1. The second-order valence-electron chi connectivity index (χ2n) is 7.95. The number of piperazine rings is 1. The molecule has 0 aliphatic carbocycles. The molecule has 1 aliphatic rings. The van der Waals surface area contributed by atoms with Gasteiger partial charge in [-0.2, -0.15) is 0 Å². The molecule has 31 heavy (non-hydrogen) atoms. The molecular formula is C20H24ClN5O5. The predicted molar refractivity (Wildman–Crippen MR) is 114 cm³/mol. The van der Waals surface area contributed by atoms with Crippen molar-refractivity contribution < 1.29 is 19.1 Å². The van der Waals surface area contributed by atoms with E-state index in [0.717, 1.165) is 0 Å². The molecule has 0 spiro atoms. The first-order chi connectivity index (χ1) is 14.6. The highest BCUT2D eigenvalue weighted by molar-refractivity contribution is 6.32. The summed E-state index contributed by atoms with van der Waals surface area (Å²) in [6, 6.07) is 2.46. The molecule has 166 valence electrons. The molecule has 1 N–H and O–H groups in total. The second kappa shape index (κ2) is 8.93. The number of carbonyl (C=O) groups excluding carboxylic acids is 2. The Hall–Kier alpha value is -3.14. The number of pyridine rings is 1. The molecule has 1 amide bonds. The van der Waals surface area contributed by atoms with Crippen LogP contribution in [0.5, 0.6) is 0 Å². The van der Waals surface area contributed by atoms with Crippen molar-refractivity contribution in [2.75, 3.05) is 31.6 Å². The lowest BCUT2D eigenvalue weighted by atomic mass is 10.1. The highest BCUT2D eigenvalue weighted by Crippen LogP contribution is 2.26. The monoisotopic (exact) mass is 449 g/mol. The van der Waals surface area contributed by atoms with Gasteiger partial charge in [-0.05, 0) is 32.9 Å². The molecule has 0 radical (unpaired) electrons. The van der Waals surface area contributed by atoms with Gasteiger partial charge in [0, 0.05) is 31.0 Å². The van der Waals surface area contributed by atoms with Gasteiger partial charge in [0.2, 0.25) is 0 Å². The Bertz CT molecular complexity index is 1020. The third-order valence-corrected chi connectivity index (χ3v) is 4.92. The zero-order valence-electron chi connectivity index (χ0n) is 17.7. The number of methoxy groups -OCH3 is 1. The number of rotatable bonds is 3. The molecule has 1 fully saturated rings. The number of aromatic amines is 1. The topological polar surface area (TPSA) is 118 Å². The number of hydrogen-bond acceptors (Lipinski definition) is 8. The minimum atomic E-state index is -0.949. The van der Waals surface area contributed by atoms with Gasteiger partial charge in [-0.25, -0.2) is 14.6 Å². The Morgan fingerprint density at radius 2 is 1.90 bits per heavy atom. The Labute approximate surface area is 184 Å². The number of esters is 1. The van der Waals surface area contributed by atoms with Crippen molar-refractivity contribution in [2.45, 2.75) is 32.4 Å². The number of H-pyrrole nitrogens is 1. The van der Waals surface area contributed by atoms with Crippen LogP contribution < -0.4 is 10.5 Å². The first-order valence-electron chi connectivity index (χ1n) is 9.63. The quantitative estimate of drug-likeness (QED) is 0.707. The SMILES string of the molecule is COC(=O)[C@@H]1CN(c2nc(-c3ccncc3)[nH]c(=O)c2Cl)CCN1C(=O)OC(C)(C)C. The summed E-state index contributed by atoms with van der Waals surface area (Å²) >= 11 is 6.25. The Kier molecular flexibility index (Phi) is 6.49. The van der Waals surface area contributed by atoms with E-state index < -0.39 is 29.3 Å². The summed E-state index contributed by atoms with van der Waals surface area (Å²) in [5.74, 6) is -0.0724. The van der Waals surface area contributed by atoms with Gasteiger partial charge in [0.05, 0.1) is 13.7 Å². The van der Waals surface area contributed by atoms with E-state index in [-0.39, 0.29) is 23.9 Å². The van der Waals surface area contributed by atoms with Crippen molar-refractivity contribution in [1.29, 1.82) is 0 Å². The van der Waals surface area contributed by atoms with Crippen molar-refractivity contribution in [3.63, 3.8) is 0 Å². The number of aromatic nitrogens is 3. The Morgan fingerprint density at radius 3 is 2.52 bits per heavy atom. The van der Waals surface area contributed by atoms with Crippen LogP contribution in [0.4, 0.5) is 10.6 Å². The summed E-state index contributed by atoms with van der Waals surface area (Å²) in [4.78, 5) is 51.6. The van der Waals surface area contributed by atoms with Gasteiger partial charge in [0.15, 0.2) is 11.9 Å². The minimum Gasteiger partial charge on any atom is -0.467 e. The van der Waals surface area contributed by atoms with Crippen molar-refractivity contribution in [1.82, 2.24) is 19.9 Å². The molecule has 1 atom stereocenters. The smallest absolute Gasteiger partial charge is 0.411 e. The van der Waals surface area contributed by atoms with Crippen LogP contribution in [0.15, 0.2) is 29.3 Å². The standard InChI is InChI=1S/C20H24ClN5O5/c1-20(2,3)31-19(29)26-10-9-25(11-13(26)18(28)30-4)16-14(21)17(27)24-15(23-16)12-5-7-22-8-6-12/h5-8,13H,9-11H2,1-4H3,(H,23,24,27)/t13-/m0/s1. The third-order valence-electron chi connectivity index (χ3n) is 4.58. The van der Waals surface area contributed by atoms with Gasteiger partial charge in [-0.3, -0.25) is 14.7 Å². The van der Waals surface area contributed by atoms with Crippen molar-refractivity contribution in [3.8, 4) is 11.4 Å². The molecule has 0 saturated carbocycles. The van der Waals surface area contributed by atoms with Gasteiger partial charge < -0.3 is 19.4 Å². The zero-order chi connectivity index (χ0) is 22.8. The first kappa shape index (κ1) is 22.5. The normalized spacial score (nSPS) is 16.7. The predicted octanol–water partition coefficient (Wildman–Crippen LogP) is 2.08. The molecule has 3 rings (SSSR count). The number of carbonyl (C=O) groups is 2. The molecule has 0 bridgehead atoms. The average molecular weight is 450 g/mol. The molecule has 11 heteroatoms. The van der Waals surface area contributed by atoms with Crippen LogP contribution in [0, 0.1) is 0 Å². The highest BCUT2D eigenvalue weighted by atomic mass is 35.5. The Balaban J connectivity index is 1.93. The molecule has 10 nitrogen and oxygen atoms in total. The van der Waals surface area contributed by atoms with E-state index in [4.69, 9.17) is 21.1 Å². The first-order valence-corrected chi connectivity index (χ1v) is 10.0. The fourth-order valence-electron chi connectivity index (χ4n) is 3.16. The van der Waals surface area contributed by atoms with E-state index in [9.17, 15) is 14.4 Å². The number of anilines is 1. The highest BCUT2D eigenvalue weighted by Gasteiger charge is 2.39. The fourth-order valence-corrected chi connectivity index (χ4v) is 3.36. The molecule has 0 unspecified atom stereocenters. The summed E-state index contributed by atoms with van der Waals surface area (Å²) in [6.07, 6.45) is 2.54. The third kappa shape index (κ3) is 5.13. The maximum Gasteiger partial charge on any atom is 0.411 e. The molecule has 2 aromatic rings. The van der Waals surface area contributed by atoms with Gasteiger partial charge in [-0.15, -0.1) is 0 Å². The summed E-state index contributed by atoms with van der Waals surface area (Å²) in [5.41, 5.74) is -0.573. The lowest BCUT2D eigenvalue weighted by Gasteiger charge is -2.40. The van der Waals surface area contributed by atoms with Crippen LogP contribution in [0.2, 0.25) is 5.02 Å². The van der Waals surface area contributed by atoms with Crippen LogP contribution in [-0.4, -0.2) is 70.3 Å². The summed E-state index contributed by atoms with van der Waals surface area (Å²) in [7, 11) is 1.24. The van der Waals surface area contributed by atoms with E-state index in [1.54, 1.807) is 50.2 Å². The summed E-state index contributed by atoms with van der Waals surface area (Å²) in [5, 5.41) is -0.105. The molecule has 1 aliphatic heterocycles. The lowest BCUT2D eigenvalue weighted by molar-refractivity contribution is -0.147. The maximum atomic E-state index is 12.6. The number of hydrogen-bond donors (Lipinski definition) is 1. The average Bonchev–Trinajstić information content (AvgIpc) is 2.74. The maximum absolute atomic E-state index is 12.6. The number of nitrogens with zero attached hydrogens (tertiary/aromatic N) is 4. The lowest BCUT2D eigenvalue weighted by Crippen LogP contribution is -2.59. The van der Waals surface area contributed by atoms with Crippen LogP contribution >= 0.6 is 11.6 Å². The summed E-state index contributed by atoms with van der Waals surface area (Å²) in [6.45, 7) is 5.72. The number of nitrogens with one attached hydrogen (secondary N) is 1. The van der Waals surface area contributed by atoms with E-state index in [2.05, 4.69) is 15.0 Å². The van der Waals surface area contributed by atoms with E-state index in [1.807, 2.05) is 0 Å². The fraction of sp³-hybridized carbons (Fsp3) is 0.450. The van der Waals surface area contributed by atoms with E-state index in [1.165, 1.54) is 12.0 Å². The van der Waals surface area contributed by atoms with Crippen molar-refractivity contribution in [2.24, 2.45) is 0 Å². The molecule has 1 saturated heterocycles. The largest absolute Gasteiger partial charge is 0.467 e. The van der Waals surface area contributed by atoms with Crippen LogP contribution in [-0.2, 0) is 14.3 Å². The van der Waals surface area contributed by atoms with E-state index >= 15 is 0 Å². The van der Waals surface area contributed by atoms with Crippen LogP contribution in [0.1, 0.15) is 20.8 Å². The van der Waals surface area contributed by atoms with Gasteiger partial charge >= 0.3 is 12.1 Å². The van der Waals surface area contributed by atoms with Crippen LogP contribution in [0.3, 0.4) is 0 Å². The zero-order valence-corrected chi connectivity index (χ0v) is 18.5. The van der Waals surface area contributed by atoms with Crippen LogP contribution in [0.25, 0.3) is 11.4 Å². The van der Waals surface area contributed by atoms with E-state index in [0.29, 0.717) is 17.9 Å². The summed E-state index contributed by atoms with van der Waals surface area (Å²) < 4.78 is 10.3. The number of ether oxygens (including phenoxy) is 2. The van der Waals surface area contributed by atoms with Crippen molar-refractivity contribution in [3.05, 3.63) is 39.9 Å². The second-order valence-corrected chi connectivity index (χ2v) is 8.32. The molecular weight excluding hydrogens is 426 g/mol. The molecule has 0 aromatic carbocycles. The molecule has 2 aromatic heterocycles. The van der Waals surface area contributed by atoms with Gasteiger partial charge in [0.1, 0.15) is 16.4 Å². The Morgan fingerprint density at radius 1 is 1.23 bits per heavy atom. The minimum absolute atomic E-state index is 0.0396. The number of halogens is 1. The van der Waals surface area contributed by atoms with Gasteiger partial charge in [0.25, 0.3) is 5.56 Å². The molecule has 3 heterocycles. The van der Waals surface area contributed by atoms with Crippen molar-refractivity contribution >= 4 is 29.5 Å². The van der Waals surface area contributed by atoms with Gasteiger partial charge in [-0.1, -0.05) is 11.6 Å².